The maximum atomic E-state index is 12.2. The molecule has 0 bridgehead atoms. The van der Waals surface area contributed by atoms with E-state index in [1.54, 1.807) is 7.11 Å². The fourth-order valence-corrected chi connectivity index (χ4v) is 2.91. The highest BCUT2D eigenvalue weighted by molar-refractivity contribution is 5.92. The highest BCUT2D eigenvalue weighted by atomic mass is 16.5. The minimum Gasteiger partial charge on any atom is -0.495 e. The number of ether oxygens (including phenoxy) is 1. The first kappa shape index (κ1) is 17.7. The molecule has 0 saturated heterocycles. The molecule has 26 heavy (non-hydrogen) atoms. The minimum absolute atomic E-state index is 0.0304. The molecule has 0 radical (unpaired) electrons. The van der Waals surface area contributed by atoms with Gasteiger partial charge in [-0.25, -0.2) is 4.68 Å². The SMILES string of the molecule is COc1ccccc1NC(=O)CCc1ccc(-n2nc(C)cc2C)cc1. The first-order valence-corrected chi connectivity index (χ1v) is 8.62. The van der Waals surface area contributed by atoms with Gasteiger partial charge < -0.3 is 10.1 Å². The zero-order chi connectivity index (χ0) is 18.5. The van der Waals surface area contributed by atoms with E-state index in [2.05, 4.69) is 16.5 Å². The predicted molar refractivity (Wildman–Crippen MR) is 103 cm³/mol. The summed E-state index contributed by atoms with van der Waals surface area (Å²) < 4.78 is 7.18. The first-order valence-electron chi connectivity index (χ1n) is 8.62. The average molecular weight is 349 g/mol. The zero-order valence-corrected chi connectivity index (χ0v) is 15.3. The maximum absolute atomic E-state index is 12.2. The summed E-state index contributed by atoms with van der Waals surface area (Å²) in [5.74, 6) is 0.632. The lowest BCUT2D eigenvalue weighted by Crippen LogP contribution is -2.13. The minimum atomic E-state index is -0.0304. The lowest BCUT2D eigenvalue weighted by atomic mass is 10.1. The zero-order valence-electron chi connectivity index (χ0n) is 15.3. The molecule has 0 unspecified atom stereocenters. The number of nitrogens with zero attached hydrogens (tertiary/aromatic N) is 2. The Labute approximate surface area is 153 Å². The van der Waals surface area contributed by atoms with Crippen LogP contribution < -0.4 is 10.1 Å². The Morgan fingerprint density at radius 1 is 1.12 bits per heavy atom. The van der Waals surface area contributed by atoms with E-state index in [9.17, 15) is 4.79 Å². The maximum Gasteiger partial charge on any atom is 0.224 e. The number of aromatic nitrogens is 2. The largest absolute Gasteiger partial charge is 0.495 e. The van der Waals surface area contributed by atoms with Gasteiger partial charge in [0.2, 0.25) is 5.91 Å². The normalized spacial score (nSPS) is 10.6. The van der Waals surface area contributed by atoms with Gasteiger partial charge in [-0.05, 0) is 56.2 Å². The van der Waals surface area contributed by atoms with Gasteiger partial charge in [-0.3, -0.25) is 4.79 Å². The van der Waals surface area contributed by atoms with Crippen molar-refractivity contribution in [1.82, 2.24) is 9.78 Å². The second kappa shape index (κ2) is 7.87. The molecule has 134 valence electrons. The summed E-state index contributed by atoms with van der Waals surface area (Å²) in [6, 6.07) is 17.6. The molecule has 5 heteroatoms. The van der Waals surface area contributed by atoms with Crippen LogP contribution in [0.1, 0.15) is 23.4 Å². The van der Waals surface area contributed by atoms with Gasteiger partial charge in [0, 0.05) is 12.1 Å². The molecule has 0 aliphatic carbocycles. The fourth-order valence-electron chi connectivity index (χ4n) is 2.91. The van der Waals surface area contributed by atoms with Gasteiger partial charge in [-0.15, -0.1) is 0 Å². The Kier molecular flexibility index (Phi) is 5.37. The van der Waals surface area contributed by atoms with Crippen molar-refractivity contribution >= 4 is 11.6 Å². The molecular weight excluding hydrogens is 326 g/mol. The highest BCUT2D eigenvalue weighted by Gasteiger charge is 2.08. The number of amides is 1. The third-order valence-corrected chi connectivity index (χ3v) is 4.21. The molecule has 0 atom stereocenters. The van der Waals surface area contributed by atoms with E-state index in [-0.39, 0.29) is 5.91 Å². The molecule has 1 heterocycles. The Bertz CT molecular complexity index is 898. The van der Waals surface area contributed by atoms with Crippen LogP contribution in [0.15, 0.2) is 54.6 Å². The van der Waals surface area contributed by atoms with Crippen molar-refractivity contribution in [2.24, 2.45) is 0 Å². The van der Waals surface area contributed by atoms with Crippen LogP contribution in [0.4, 0.5) is 5.69 Å². The molecule has 0 aliphatic rings. The number of rotatable bonds is 6. The summed E-state index contributed by atoms with van der Waals surface area (Å²) in [5, 5.41) is 7.39. The molecule has 2 aromatic carbocycles. The summed E-state index contributed by atoms with van der Waals surface area (Å²) >= 11 is 0. The number of nitrogens with one attached hydrogen (secondary N) is 1. The summed E-state index contributed by atoms with van der Waals surface area (Å²) in [5.41, 5.74) is 4.94. The lowest BCUT2D eigenvalue weighted by molar-refractivity contribution is -0.116. The Balaban J connectivity index is 1.59. The molecule has 0 aliphatic heterocycles. The van der Waals surface area contributed by atoms with Gasteiger partial charge in [-0.2, -0.15) is 5.10 Å². The first-order chi connectivity index (χ1) is 12.6. The number of carbonyl (C=O) groups excluding carboxylic acids is 1. The number of para-hydroxylation sites is 2. The number of benzene rings is 2. The number of hydrogen-bond donors (Lipinski definition) is 1. The van der Waals surface area contributed by atoms with Gasteiger partial charge in [0.15, 0.2) is 0 Å². The summed E-state index contributed by atoms with van der Waals surface area (Å²) in [4.78, 5) is 12.2. The van der Waals surface area contributed by atoms with Crippen molar-refractivity contribution in [3.8, 4) is 11.4 Å². The average Bonchev–Trinajstić information content (AvgIpc) is 2.99. The second-order valence-corrected chi connectivity index (χ2v) is 6.25. The summed E-state index contributed by atoms with van der Waals surface area (Å²) in [6.45, 7) is 4.02. The fraction of sp³-hybridized carbons (Fsp3) is 0.238. The number of carbonyl (C=O) groups is 1. The van der Waals surface area contributed by atoms with E-state index in [0.29, 0.717) is 24.3 Å². The van der Waals surface area contributed by atoms with Crippen LogP contribution in [0.25, 0.3) is 5.69 Å². The molecule has 1 amide bonds. The van der Waals surface area contributed by atoms with Gasteiger partial charge in [0.25, 0.3) is 0 Å². The van der Waals surface area contributed by atoms with Crippen LogP contribution in [0.2, 0.25) is 0 Å². The van der Waals surface area contributed by atoms with E-state index >= 15 is 0 Å². The van der Waals surface area contributed by atoms with Gasteiger partial charge in [-0.1, -0.05) is 24.3 Å². The van der Waals surface area contributed by atoms with Crippen molar-refractivity contribution < 1.29 is 9.53 Å². The molecule has 5 nitrogen and oxygen atoms in total. The van der Waals surface area contributed by atoms with E-state index < -0.39 is 0 Å². The molecule has 3 aromatic rings. The molecule has 0 spiro atoms. The Morgan fingerprint density at radius 3 is 2.50 bits per heavy atom. The van der Waals surface area contributed by atoms with Crippen molar-refractivity contribution in [2.75, 3.05) is 12.4 Å². The summed E-state index contributed by atoms with van der Waals surface area (Å²) in [6.07, 6.45) is 1.09. The number of hydrogen-bond acceptors (Lipinski definition) is 3. The quantitative estimate of drug-likeness (QED) is 0.730. The molecule has 1 N–H and O–H groups in total. The van der Waals surface area contributed by atoms with Crippen molar-refractivity contribution in [3.05, 3.63) is 71.5 Å². The van der Waals surface area contributed by atoms with E-state index in [1.165, 1.54) is 0 Å². The van der Waals surface area contributed by atoms with Crippen LogP contribution in [0.5, 0.6) is 5.75 Å². The van der Waals surface area contributed by atoms with Crippen LogP contribution in [0, 0.1) is 13.8 Å². The van der Waals surface area contributed by atoms with Crippen molar-refractivity contribution in [2.45, 2.75) is 26.7 Å². The Hall–Kier alpha value is -3.08. The van der Waals surface area contributed by atoms with Crippen molar-refractivity contribution in [3.63, 3.8) is 0 Å². The number of methoxy groups -OCH3 is 1. The van der Waals surface area contributed by atoms with Crippen LogP contribution in [-0.2, 0) is 11.2 Å². The summed E-state index contributed by atoms with van der Waals surface area (Å²) in [7, 11) is 1.59. The van der Waals surface area contributed by atoms with Gasteiger partial charge in [0.05, 0.1) is 24.2 Å². The van der Waals surface area contributed by atoms with Crippen LogP contribution in [0.3, 0.4) is 0 Å². The third-order valence-electron chi connectivity index (χ3n) is 4.21. The standard InChI is InChI=1S/C21H23N3O2/c1-15-14-16(2)24(23-15)18-11-8-17(9-12-18)10-13-21(25)22-19-6-4-5-7-20(19)26-3/h4-9,11-12,14H,10,13H2,1-3H3,(H,22,25). The van der Waals surface area contributed by atoms with E-state index in [4.69, 9.17) is 4.74 Å². The topological polar surface area (TPSA) is 56.1 Å². The van der Waals surface area contributed by atoms with Crippen LogP contribution in [-0.4, -0.2) is 22.8 Å². The Morgan fingerprint density at radius 2 is 1.85 bits per heavy atom. The highest BCUT2D eigenvalue weighted by Crippen LogP contribution is 2.23. The van der Waals surface area contributed by atoms with Gasteiger partial charge >= 0.3 is 0 Å². The van der Waals surface area contributed by atoms with E-state index in [1.807, 2.05) is 67.1 Å². The van der Waals surface area contributed by atoms with Crippen LogP contribution >= 0.6 is 0 Å². The molecule has 0 fully saturated rings. The van der Waals surface area contributed by atoms with E-state index in [0.717, 1.165) is 22.6 Å². The lowest BCUT2D eigenvalue weighted by Gasteiger charge is -2.10. The smallest absolute Gasteiger partial charge is 0.224 e. The monoisotopic (exact) mass is 349 g/mol. The molecule has 0 saturated carbocycles. The number of aryl methyl sites for hydroxylation is 3. The second-order valence-electron chi connectivity index (χ2n) is 6.25. The predicted octanol–water partition coefficient (Wildman–Crippen LogP) is 4.07. The molecule has 3 rings (SSSR count). The van der Waals surface area contributed by atoms with Gasteiger partial charge in [0.1, 0.15) is 5.75 Å². The third kappa shape index (κ3) is 4.11. The number of anilines is 1. The molecule has 1 aromatic heterocycles. The molecular formula is C21H23N3O2. The van der Waals surface area contributed by atoms with Crippen molar-refractivity contribution in [1.29, 1.82) is 0 Å².